The normalized spacial score (nSPS) is 11.5. The van der Waals surface area contributed by atoms with Gasteiger partial charge in [-0.05, 0) is 25.1 Å². The summed E-state index contributed by atoms with van der Waals surface area (Å²) in [5.41, 5.74) is 0. The highest BCUT2D eigenvalue weighted by atomic mass is 35.5. The molecular weight excluding hydrogens is 348 g/mol. The molecule has 1 heterocycles. The summed E-state index contributed by atoms with van der Waals surface area (Å²) in [6.07, 6.45) is 1.40. The number of sulfonamides is 1. The lowest BCUT2D eigenvalue weighted by Crippen LogP contribution is -2.26. The van der Waals surface area contributed by atoms with Crippen molar-refractivity contribution in [3.8, 4) is 5.75 Å². The number of halogens is 1. The Morgan fingerprint density at radius 2 is 2.27 bits per heavy atom. The summed E-state index contributed by atoms with van der Waals surface area (Å²) in [4.78, 5) is 4.04. The van der Waals surface area contributed by atoms with Crippen molar-refractivity contribution in [2.45, 2.75) is 17.0 Å². The third-order valence-electron chi connectivity index (χ3n) is 2.54. The van der Waals surface area contributed by atoms with Crippen molar-refractivity contribution in [2.24, 2.45) is 0 Å². The van der Waals surface area contributed by atoms with Gasteiger partial charge in [-0.1, -0.05) is 23.4 Å². The van der Waals surface area contributed by atoms with Crippen molar-refractivity contribution < 1.29 is 13.2 Å². The molecule has 22 heavy (non-hydrogen) atoms. The first-order valence-electron chi connectivity index (χ1n) is 6.43. The predicted octanol–water partition coefficient (Wildman–Crippen LogP) is 1.93. The molecule has 2 N–H and O–H groups in total. The summed E-state index contributed by atoms with van der Waals surface area (Å²) < 4.78 is 32.1. The second kappa shape index (κ2) is 7.82. The number of hydrogen-bond acceptors (Lipinski definition) is 6. The standard InChI is InChI=1S/C12H15ClN4O3S2/c1-2-20-11-4-3-9(7-10(11)13)22(18,19)16-5-6-21-12-14-8-15-17-12/h3-4,7-8,16H,2,5-6H2,1H3,(H,14,15,17). The Hall–Kier alpha value is -1.29. The van der Waals surface area contributed by atoms with Gasteiger partial charge in [0.1, 0.15) is 12.1 Å². The van der Waals surface area contributed by atoms with Gasteiger partial charge in [0.05, 0.1) is 16.5 Å². The van der Waals surface area contributed by atoms with Crippen molar-refractivity contribution in [3.63, 3.8) is 0 Å². The van der Waals surface area contributed by atoms with Crippen LogP contribution in [0.5, 0.6) is 5.75 Å². The fraction of sp³-hybridized carbons (Fsp3) is 0.333. The van der Waals surface area contributed by atoms with Gasteiger partial charge in [0.25, 0.3) is 0 Å². The molecule has 1 aromatic heterocycles. The third-order valence-corrected chi connectivity index (χ3v) is 5.17. The van der Waals surface area contributed by atoms with Gasteiger partial charge in [-0.2, -0.15) is 5.10 Å². The van der Waals surface area contributed by atoms with E-state index in [2.05, 4.69) is 19.9 Å². The monoisotopic (exact) mass is 362 g/mol. The van der Waals surface area contributed by atoms with Crippen LogP contribution >= 0.6 is 23.4 Å². The van der Waals surface area contributed by atoms with Crippen molar-refractivity contribution in [1.82, 2.24) is 19.9 Å². The molecule has 0 atom stereocenters. The molecule has 2 aromatic rings. The minimum absolute atomic E-state index is 0.102. The van der Waals surface area contributed by atoms with E-state index in [4.69, 9.17) is 16.3 Å². The Bertz CT molecular complexity index is 707. The topological polar surface area (TPSA) is 97.0 Å². The first-order valence-corrected chi connectivity index (χ1v) is 9.28. The van der Waals surface area contributed by atoms with E-state index in [-0.39, 0.29) is 16.5 Å². The van der Waals surface area contributed by atoms with Crippen LogP contribution < -0.4 is 9.46 Å². The average molecular weight is 363 g/mol. The molecule has 0 aliphatic carbocycles. The highest BCUT2D eigenvalue weighted by Crippen LogP contribution is 2.27. The summed E-state index contributed by atoms with van der Waals surface area (Å²) in [6.45, 7) is 2.55. The van der Waals surface area contributed by atoms with Gasteiger partial charge < -0.3 is 4.74 Å². The van der Waals surface area contributed by atoms with Crippen LogP contribution in [-0.2, 0) is 10.0 Å². The fourth-order valence-electron chi connectivity index (χ4n) is 1.59. The highest BCUT2D eigenvalue weighted by molar-refractivity contribution is 7.99. The Balaban J connectivity index is 1.93. The molecule has 0 unspecified atom stereocenters. The molecular formula is C12H15ClN4O3S2. The number of benzene rings is 1. The van der Waals surface area contributed by atoms with Gasteiger partial charge in [0, 0.05) is 12.3 Å². The summed E-state index contributed by atoms with van der Waals surface area (Å²) >= 11 is 7.38. The zero-order valence-corrected chi connectivity index (χ0v) is 14.1. The first kappa shape index (κ1) is 17.1. The van der Waals surface area contributed by atoms with E-state index >= 15 is 0 Å². The van der Waals surface area contributed by atoms with Crippen LogP contribution in [0.4, 0.5) is 0 Å². The molecule has 0 saturated carbocycles. The van der Waals surface area contributed by atoms with E-state index in [0.29, 0.717) is 23.3 Å². The fourth-order valence-corrected chi connectivity index (χ4v) is 3.72. The second-order valence-electron chi connectivity index (χ2n) is 4.06. The number of nitrogens with zero attached hydrogens (tertiary/aromatic N) is 2. The smallest absolute Gasteiger partial charge is 0.240 e. The summed E-state index contributed by atoms with van der Waals surface area (Å²) in [7, 11) is -3.61. The van der Waals surface area contributed by atoms with E-state index in [9.17, 15) is 8.42 Å². The molecule has 0 radical (unpaired) electrons. The number of hydrogen-bond donors (Lipinski definition) is 2. The average Bonchev–Trinajstić information content (AvgIpc) is 2.99. The van der Waals surface area contributed by atoms with Gasteiger partial charge in [0.15, 0.2) is 5.16 Å². The number of H-pyrrole nitrogens is 1. The number of aromatic amines is 1. The van der Waals surface area contributed by atoms with Gasteiger partial charge in [-0.15, -0.1) is 0 Å². The van der Waals surface area contributed by atoms with E-state index in [1.165, 1.54) is 30.2 Å². The molecule has 0 spiro atoms. The van der Waals surface area contributed by atoms with E-state index in [0.717, 1.165) is 0 Å². The molecule has 0 aliphatic heterocycles. The number of nitrogens with one attached hydrogen (secondary N) is 2. The van der Waals surface area contributed by atoms with Crippen LogP contribution in [0.1, 0.15) is 6.92 Å². The van der Waals surface area contributed by atoms with Crippen LogP contribution in [-0.4, -0.2) is 42.5 Å². The molecule has 0 saturated heterocycles. The van der Waals surface area contributed by atoms with Gasteiger partial charge >= 0.3 is 0 Å². The Kier molecular flexibility index (Phi) is 6.07. The summed E-state index contributed by atoms with van der Waals surface area (Å²) in [5.74, 6) is 0.989. The van der Waals surface area contributed by atoms with E-state index in [1.54, 1.807) is 6.07 Å². The first-order chi connectivity index (χ1) is 10.5. The lowest BCUT2D eigenvalue weighted by atomic mass is 10.3. The SMILES string of the molecule is CCOc1ccc(S(=O)(=O)NCCSc2ncn[nH]2)cc1Cl. The van der Waals surface area contributed by atoms with Gasteiger partial charge in [0.2, 0.25) is 10.0 Å². The maximum Gasteiger partial charge on any atom is 0.240 e. The number of aromatic nitrogens is 3. The van der Waals surface area contributed by atoms with Crippen LogP contribution in [0, 0.1) is 0 Å². The number of ether oxygens (including phenoxy) is 1. The predicted molar refractivity (Wildman–Crippen MR) is 84.9 cm³/mol. The van der Waals surface area contributed by atoms with Gasteiger partial charge in [-0.3, -0.25) is 5.10 Å². The number of thioether (sulfide) groups is 1. The lowest BCUT2D eigenvalue weighted by molar-refractivity contribution is 0.340. The molecule has 120 valence electrons. The third kappa shape index (κ3) is 4.60. The second-order valence-corrected chi connectivity index (χ2v) is 7.32. The lowest BCUT2D eigenvalue weighted by Gasteiger charge is -2.09. The highest BCUT2D eigenvalue weighted by Gasteiger charge is 2.15. The van der Waals surface area contributed by atoms with Crippen molar-refractivity contribution >= 4 is 33.4 Å². The molecule has 0 amide bonds. The molecule has 7 nitrogen and oxygen atoms in total. The zero-order valence-electron chi connectivity index (χ0n) is 11.7. The Labute approximate surface area is 137 Å². The van der Waals surface area contributed by atoms with Crippen molar-refractivity contribution in [2.75, 3.05) is 18.9 Å². The van der Waals surface area contributed by atoms with E-state index in [1.807, 2.05) is 6.92 Å². The van der Waals surface area contributed by atoms with Crippen molar-refractivity contribution in [1.29, 1.82) is 0 Å². The molecule has 0 aliphatic rings. The number of rotatable bonds is 8. The largest absolute Gasteiger partial charge is 0.492 e. The van der Waals surface area contributed by atoms with E-state index < -0.39 is 10.0 Å². The van der Waals surface area contributed by atoms with Crippen LogP contribution in [0.2, 0.25) is 5.02 Å². The van der Waals surface area contributed by atoms with Crippen LogP contribution in [0.25, 0.3) is 0 Å². The summed E-state index contributed by atoms with van der Waals surface area (Å²) in [5, 5.41) is 7.30. The maximum absolute atomic E-state index is 12.2. The maximum atomic E-state index is 12.2. The van der Waals surface area contributed by atoms with Gasteiger partial charge in [-0.25, -0.2) is 18.1 Å². The quantitative estimate of drug-likeness (QED) is 0.550. The molecule has 0 bridgehead atoms. The molecule has 2 rings (SSSR count). The van der Waals surface area contributed by atoms with Crippen molar-refractivity contribution in [3.05, 3.63) is 29.5 Å². The van der Waals surface area contributed by atoms with Crippen LogP contribution in [0.3, 0.4) is 0 Å². The minimum atomic E-state index is -3.61. The Morgan fingerprint density at radius 1 is 1.45 bits per heavy atom. The minimum Gasteiger partial charge on any atom is -0.492 e. The molecule has 1 aromatic carbocycles. The summed E-state index contributed by atoms with van der Waals surface area (Å²) in [6, 6.07) is 4.38. The zero-order chi connectivity index (χ0) is 16.0. The molecule has 0 fully saturated rings. The Morgan fingerprint density at radius 3 is 2.91 bits per heavy atom. The molecule has 10 heteroatoms. The van der Waals surface area contributed by atoms with Crippen LogP contribution in [0.15, 0.2) is 34.6 Å².